The highest BCUT2D eigenvalue weighted by Crippen LogP contribution is 2.28. The molecule has 0 aliphatic heterocycles. The van der Waals surface area contributed by atoms with Crippen LogP contribution in [0.4, 0.5) is 0 Å². The van der Waals surface area contributed by atoms with E-state index in [-0.39, 0.29) is 0 Å². The number of hydrogen-bond acceptors (Lipinski definition) is 4. The van der Waals surface area contributed by atoms with Crippen LogP contribution < -0.4 is 0 Å². The Balaban J connectivity index is 2.24. The maximum absolute atomic E-state index is 11.3. The van der Waals surface area contributed by atoms with Crippen molar-refractivity contribution in [2.75, 3.05) is 7.11 Å². The van der Waals surface area contributed by atoms with Gasteiger partial charge in [-0.3, -0.25) is 0 Å². The molecule has 0 aliphatic carbocycles. The fraction of sp³-hybridized carbons (Fsp3) is 0.200. The number of aromatic nitrogens is 2. The molecule has 0 radical (unpaired) electrons. The van der Waals surface area contributed by atoms with E-state index in [0.29, 0.717) is 27.2 Å². The van der Waals surface area contributed by atoms with Gasteiger partial charge in [-0.05, 0) is 53.9 Å². The third-order valence-electron chi connectivity index (χ3n) is 2.21. The first kappa shape index (κ1) is 13.8. The van der Waals surface area contributed by atoms with Crippen molar-refractivity contribution in [3.05, 3.63) is 37.6 Å². The maximum atomic E-state index is 11.3. The molecule has 5 nitrogen and oxygen atoms in total. The minimum atomic E-state index is -0.421. The van der Waals surface area contributed by atoms with E-state index in [2.05, 4.69) is 57.5 Å². The molecule has 8 heteroatoms. The van der Waals surface area contributed by atoms with Crippen molar-refractivity contribution in [2.24, 2.45) is 0 Å². The monoisotopic (exact) mass is 440 g/mol. The van der Waals surface area contributed by atoms with Crippen LogP contribution in [0, 0.1) is 0 Å². The van der Waals surface area contributed by atoms with Crippen molar-refractivity contribution in [1.29, 1.82) is 0 Å². The number of carbonyl (C=O) groups excluding carboxylic acids is 1. The lowest BCUT2D eigenvalue weighted by atomic mass is 10.3. The Kier molecular flexibility index (Phi) is 4.29. The van der Waals surface area contributed by atoms with Gasteiger partial charge in [-0.2, -0.15) is 0 Å². The molecular formula is C10H7Br3N2O3. The summed E-state index contributed by atoms with van der Waals surface area (Å²) in [6.07, 6.45) is 1.37. The fourth-order valence-electron chi connectivity index (χ4n) is 1.36. The van der Waals surface area contributed by atoms with Gasteiger partial charge in [0.15, 0.2) is 4.73 Å². The summed E-state index contributed by atoms with van der Waals surface area (Å²) in [4.78, 5) is 15.5. The van der Waals surface area contributed by atoms with Crippen LogP contribution in [-0.4, -0.2) is 22.6 Å². The summed E-state index contributed by atoms with van der Waals surface area (Å²) < 4.78 is 13.9. The first-order valence-corrected chi connectivity index (χ1v) is 7.13. The van der Waals surface area contributed by atoms with E-state index in [1.54, 1.807) is 6.07 Å². The minimum Gasteiger partial charge on any atom is -0.467 e. The summed E-state index contributed by atoms with van der Waals surface area (Å²) in [5.74, 6) is 0.205. The van der Waals surface area contributed by atoms with Gasteiger partial charge in [-0.15, -0.1) is 0 Å². The first-order chi connectivity index (χ1) is 8.52. The Morgan fingerprint density at radius 2 is 2.22 bits per heavy atom. The van der Waals surface area contributed by atoms with Gasteiger partial charge >= 0.3 is 5.97 Å². The third kappa shape index (κ3) is 2.70. The van der Waals surface area contributed by atoms with Crippen LogP contribution in [0.5, 0.6) is 0 Å². The number of hydrogen-bond donors (Lipinski definition) is 0. The van der Waals surface area contributed by atoms with Crippen molar-refractivity contribution >= 4 is 53.8 Å². The molecule has 96 valence electrons. The summed E-state index contributed by atoms with van der Waals surface area (Å²) in [5.41, 5.74) is 0.388. The lowest BCUT2D eigenvalue weighted by Crippen LogP contribution is -2.00. The molecule has 2 aromatic heterocycles. The summed E-state index contributed by atoms with van der Waals surface area (Å²) in [5, 5.41) is 0. The van der Waals surface area contributed by atoms with Crippen LogP contribution in [0.25, 0.3) is 0 Å². The average molecular weight is 443 g/mol. The molecule has 0 N–H and O–H groups in total. The molecule has 0 spiro atoms. The van der Waals surface area contributed by atoms with Crippen LogP contribution >= 0.6 is 47.8 Å². The van der Waals surface area contributed by atoms with E-state index in [0.717, 1.165) is 4.60 Å². The molecule has 0 aromatic carbocycles. The standard InChI is InChI=1S/C10H7Br3N2O3/c1-17-9(16)5-2-6(18-4-5)3-15-8(12)7(11)14-10(15)13/h2,4H,3H2,1H3. The van der Waals surface area contributed by atoms with Gasteiger partial charge in [0.05, 0.1) is 19.2 Å². The number of nitrogens with zero attached hydrogens (tertiary/aromatic N) is 2. The molecule has 18 heavy (non-hydrogen) atoms. The predicted octanol–water partition coefficient (Wildman–Crippen LogP) is 3.60. The van der Waals surface area contributed by atoms with E-state index in [1.165, 1.54) is 13.4 Å². The molecule has 0 amide bonds. The van der Waals surface area contributed by atoms with Gasteiger partial charge in [-0.1, -0.05) is 0 Å². The molecule has 0 saturated carbocycles. The van der Waals surface area contributed by atoms with Gasteiger partial charge in [0.1, 0.15) is 21.2 Å². The van der Waals surface area contributed by atoms with Gasteiger partial charge in [0.2, 0.25) is 0 Å². The number of carbonyl (C=O) groups is 1. The Morgan fingerprint density at radius 1 is 1.50 bits per heavy atom. The molecule has 2 aromatic rings. The van der Waals surface area contributed by atoms with Crippen LogP contribution in [0.3, 0.4) is 0 Å². The van der Waals surface area contributed by atoms with Crippen molar-refractivity contribution in [2.45, 2.75) is 6.54 Å². The molecule has 0 bridgehead atoms. The molecule has 2 rings (SSSR count). The minimum absolute atomic E-state index is 0.388. The SMILES string of the molecule is COC(=O)c1coc(Cn2c(Br)nc(Br)c2Br)c1. The smallest absolute Gasteiger partial charge is 0.341 e. The highest BCUT2D eigenvalue weighted by molar-refractivity contribution is 9.13. The zero-order valence-corrected chi connectivity index (χ0v) is 13.9. The summed E-state index contributed by atoms with van der Waals surface area (Å²) in [6.45, 7) is 0.441. The summed E-state index contributed by atoms with van der Waals surface area (Å²) >= 11 is 10.0. The number of imidazole rings is 1. The molecule has 0 aliphatic rings. The molecule has 0 saturated heterocycles. The molecule has 0 unspecified atom stereocenters. The van der Waals surface area contributed by atoms with Crippen LogP contribution in [0.2, 0.25) is 0 Å². The molecule has 0 fully saturated rings. The summed E-state index contributed by atoms with van der Waals surface area (Å²) in [6, 6.07) is 1.64. The zero-order valence-electron chi connectivity index (χ0n) is 9.11. The number of halogens is 3. The second kappa shape index (κ2) is 5.58. The number of methoxy groups -OCH3 is 1. The summed E-state index contributed by atoms with van der Waals surface area (Å²) in [7, 11) is 1.33. The van der Waals surface area contributed by atoms with E-state index in [1.807, 2.05) is 4.57 Å². The van der Waals surface area contributed by atoms with Gasteiger partial charge in [-0.25, -0.2) is 9.78 Å². The normalized spacial score (nSPS) is 10.7. The predicted molar refractivity (Wildman–Crippen MR) is 74.5 cm³/mol. The second-order valence-electron chi connectivity index (χ2n) is 3.34. The lowest BCUT2D eigenvalue weighted by Gasteiger charge is -2.02. The number of rotatable bonds is 3. The van der Waals surface area contributed by atoms with Crippen molar-refractivity contribution < 1.29 is 13.9 Å². The number of furan rings is 1. The molecular weight excluding hydrogens is 436 g/mol. The van der Waals surface area contributed by atoms with Crippen molar-refractivity contribution in [3.8, 4) is 0 Å². The molecule has 0 atom stereocenters. The maximum Gasteiger partial charge on any atom is 0.341 e. The second-order valence-corrected chi connectivity index (χ2v) is 5.55. The van der Waals surface area contributed by atoms with E-state index < -0.39 is 5.97 Å². The fourth-order valence-corrected chi connectivity index (χ4v) is 3.08. The van der Waals surface area contributed by atoms with E-state index >= 15 is 0 Å². The van der Waals surface area contributed by atoms with E-state index in [4.69, 9.17) is 4.42 Å². The number of ether oxygens (including phenoxy) is 1. The largest absolute Gasteiger partial charge is 0.467 e. The molecule has 2 heterocycles. The topological polar surface area (TPSA) is 57.3 Å². The highest BCUT2D eigenvalue weighted by atomic mass is 79.9. The third-order valence-corrected chi connectivity index (χ3v) is 4.70. The Bertz CT molecular complexity index is 591. The Morgan fingerprint density at radius 3 is 2.78 bits per heavy atom. The van der Waals surface area contributed by atoms with Gasteiger partial charge in [0, 0.05) is 0 Å². The number of esters is 1. The van der Waals surface area contributed by atoms with Crippen LogP contribution in [-0.2, 0) is 11.3 Å². The van der Waals surface area contributed by atoms with Crippen LogP contribution in [0.1, 0.15) is 16.1 Å². The van der Waals surface area contributed by atoms with E-state index in [9.17, 15) is 4.79 Å². The van der Waals surface area contributed by atoms with Crippen LogP contribution in [0.15, 0.2) is 30.7 Å². The highest BCUT2D eigenvalue weighted by Gasteiger charge is 2.15. The Labute approximate surface area is 128 Å². The Hall–Kier alpha value is -0.600. The van der Waals surface area contributed by atoms with Crippen molar-refractivity contribution in [1.82, 2.24) is 9.55 Å². The average Bonchev–Trinajstić information content (AvgIpc) is 2.90. The lowest BCUT2D eigenvalue weighted by molar-refractivity contribution is 0.0600. The quantitative estimate of drug-likeness (QED) is 0.681. The van der Waals surface area contributed by atoms with Gasteiger partial charge in [0.25, 0.3) is 0 Å². The van der Waals surface area contributed by atoms with Crippen molar-refractivity contribution in [3.63, 3.8) is 0 Å². The van der Waals surface area contributed by atoms with Gasteiger partial charge < -0.3 is 13.7 Å². The zero-order chi connectivity index (χ0) is 13.3. The first-order valence-electron chi connectivity index (χ1n) is 4.75.